The predicted molar refractivity (Wildman–Crippen MR) is 137 cm³/mol. The van der Waals surface area contributed by atoms with E-state index in [9.17, 15) is 9.50 Å². The van der Waals surface area contributed by atoms with Gasteiger partial charge in [-0.2, -0.15) is 0 Å². The van der Waals surface area contributed by atoms with Crippen molar-refractivity contribution in [2.75, 3.05) is 57.3 Å². The standard InChI is InChI=1S/C23H34FN5O2.HI/c1-3-25-22(27-18-23(2,30)21-10-6-17-31-21)26-11-7-12-28-13-15-29(16-14-28)20-9-5-4-8-19(20)24;/h4-6,8-10,17,30H,3,7,11-16,18H2,1-2H3,(H2,25,26,27);1H. The minimum atomic E-state index is -1.15. The lowest BCUT2D eigenvalue weighted by molar-refractivity contribution is 0.0437. The molecule has 1 aromatic heterocycles. The Balaban J connectivity index is 0.00000363. The van der Waals surface area contributed by atoms with E-state index >= 15 is 0 Å². The van der Waals surface area contributed by atoms with Gasteiger partial charge in [0.15, 0.2) is 5.96 Å². The van der Waals surface area contributed by atoms with E-state index in [2.05, 4.69) is 25.4 Å². The number of aliphatic imine (C=N–C) groups is 1. The molecule has 9 heteroatoms. The van der Waals surface area contributed by atoms with Gasteiger partial charge in [0.25, 0.3) is 0 Å². The highest BCUT2D eigenvalue weighted by atomic mass is 127. The number of hydrogen-bond donors (Lipinski definition) is 3. The fraction of sp³-hybridized carbons (Fsp3) is 0.522. The molecule has 0 radical (unpaired) electrons. The summed E-state index contributed by atoms with van der Waals surface area (Å²) in [6.45, 7) is 9.92. The molecule has 7 nitrogen and oxygen atoms in total. The van der Waals surface area contributed by atoms with Gasteiger partial charge in [0.1, 0.15) is 17.2 Å². The van der Waals surface area contributed by atoms with Crippen LogP contribution in [0.3, 0.4) is 0 Å². The summed E-state index contributed by atoms with van der Waals surface area (Å²) < 4.78 is 19.3. The monoisotopic (exact) mass is 559 g/mol. The van der Waals surface area contributed by atoms with Crippen LogP contribution in [0.2, 0.25) is 0 Å². The number of rotatable bonds is 9. The Morgan fingerprint density at radius 3 is 2.56 bits per heavy atom. The molecule has 1 aliphatic rings. The number of nitrogens with one attached hydrogen (secondary N) is 2. The second-order valence-electron chi connectivity index (χ2n) is 8.01. The Kier molecular flexibility index (Phi) is 10.7. The molecule has 1 aromatic carbocycles. The average molecular weight is 559 g/mol. The molecule has 1 fully saturated rings. The molecule has 2 aromatic rings. The van der Waals surface area contributed by atoms with Crippen molar-refractivity contribution in [2.24, 2.45) is 4.99 Å². The summed E-state index contributed by atoms with van der Waals surface area (Å²) in [7, 11) is 0. The van der Waals surface area contributed by atoms with Crippen LogP contribution in [0.5, 0.6) is 0 Å². The van der Waals surface area contributed by atoms with Gasteiger partial charge in [-0.05, 0) is 51.1 Å². The van der Waals surface area contributed by atoms with E-state index in [0.717, 1.165) is 52.2 Å². The zero-order valence-corrected chi connectivity index (χ0v) is 21.2. The second-order valence-corrected chi connectivity index (χ2v) is 8.01. The number of halogens is 2. The first kappa shape index (κ1) is 26.4. The molecular weight excluding hydrogens is 524 g/mol. The molecule has 3 rings (SSSR count). The zero-order chi connectivity index (χ0) is 22.1. The molecule has 0 bridgehead atoms. The molecule has 0 aliphatic carbocycles. The molecule has 1 atom stereocenters. The lowest BCUT2D eigenvalue weighted by atomic mass is 10.0. The molecule has 0 amide bonds. The Labute approximate surface area is 207 Å². The molecular formula is C23H35FIN5O2. The number of piperazine rings is 1. The van der Waals surface area contributed by atoms with Gasteiger partial charge >= 0.3 is 0 Å². The molecule has 0 saturated carbocycles. The number of aliphatic hydroxyl groups is 1. The van der Waals surface area contributed by atoms with Crippen LogP contribution in [-0.2, 0) is 5.60 Å². The van der Waals surface area contributed by atoms with Gasteiger partial charge in [0.05, 0.1) is 18.5 Å². The van der Waals surface area contributed by atoms with Gasteiger partial charge in [0.2, 0.25) is 0 Å². The minimum absolute atomic E-state index is 0. The van der Waals surface area contributed by atoms with Crippen LogP contribution in [0, 0.1) is 5.82 Å². The summed E-state index contributed by atoms with van der Waals surface area (Å²) in [4.78, 5) is 9.03. The number of hydrogen-bond acceptors (Lipinski definition) is 5. The van der Waals surface area contributed by atoms with Crippen molar-refractivity contribution in [3.05, 3.63) is 54.2 Å². The third-order valence-corrected chi connectivity index (χ3v) is 5.45. The predicted octanol–water partition coefficient (Wildman–Crippen LogP) is 3.01. The topological polar surface area (TPSA) is 76.3 Å². The summed E-state index contributed by atoms with van der Waals surface area (Å²) in [6, 6.07) is 10.5. The Morgan fingerprint density at radius 2 is 1.91 bits per heavy atom. The van der Waals surface area contributed by atoms with E-state index in [1.807, 2.05) is 19.1 Å². The second kappa shape index (κ2) is 13.0. The lowest BCUT2D eigenvalue weighted by Crippen LogP contribution is -2.47. The molecule has 1 unspecified atom stereocenters. The van der Waals surface area contributed by atoms with Crippen molar-refractivity contribution in [1.82, 2.24) is 15.5 Å². The Morgan fingerprint density at radius 1 is 1.16 bits per heavy atom. The molecule has 1 aliphatic heterocycles. The summed E-state index contributed by atoms with van der Waals surface area (Å²) in [5.41, 5.74) is -0.454. The van der Waals surface area contributed by atoms with Crippen LogP contribution in [0.4, 0.5) is 10.1 Å². The van der Waals surface area contributed by atoms with E-state index in [-0.39, 0.29) is 36.3 Å². The van der Waals surface area contributed by atoms with Crippen LogP contribution < -0.4 is 15.5 Å². The van der Waals surface area contributed by atoms with Gasteiger partial charge in [-0.15, -0.1) is 24.0 Å². The van der Waals surface area contributed by atoms with Gasteiger partial charge in [-0.25, -0.2) is 9.38 Å². The number of para-hydroxylation sites is 1. The van der Waals surface area contributed by atoms with E-state index in [0.29, 0.717) is 17.4 Å². The van der Waals surface area contributed by atoms with Crippen molar-refractivity contribution >= 4 is 35.6 Å². The van der Waals surface area contributed by atoms with Crippen LogP contribution in [0.25, 0.3) is 0 Å². The molecule has 1 saturated heterocycles. The number of anilines is 1. The molecule has 32 heavy (non-hydrogen) atoms. The number of nitrogens with zero attached hydrogens (tertiary/aromatic N) is 3. The molecule has 3 N–H and O–H groups in total. The van der Waals surface area contributed by atoms with Gasteiger partial charge in [0, 0.05) is 39.3 Å². The van der Waals surface area contributed by atoms with Crippen molar-refractivity contribution in [2.45, 2.75) is 25.9 Å². The van der Waals surface area contributed by atoms with Gasteiger partial charge in [-0.1, -0.05) is 12.1 Å². The lowest BCUT2D eigenvalue weighted by Gasteiger charge is -2.36. The van der Waals surface area contributed by atoms with Crippen LogP contribution >= 0.6 is 24.0 Å². The Hall–Kier alpha value is -1.85. The van der Waals surface area contributed by atoms with E-state index in [1.54, 1.807) is 31.4 Å². The number of benzene rings is 1. The molecule has 178 valence electrons. The fourth-order valence-electron chi connectivity index (χ4n) is 3.67. The van der Waals surface area contributed by atoms with E-state index in [1.165, 1.54) is 6.07 Å². The average Bonchev–Trinajstić information content (AvgIpc) is 3.32. The van der Waals surface area contributed by atoms with Crippen LogP contribution in [-0.4, -0.2) is 68.3 Å². The first-order valence-corrected chi connectivity index (χ1v) is 11.0. The number of furan rings is 1. The zero-order valence-electron chi connectivity index (χ0n) is 18.9. The number of guanidine groups is 1. The maximum Gasteiger partial charge on any atom is 0.191 e. The third kappa shape index (κ3) is 7.63. The van der Waals surface area contributed by atoms with Crippen molar-refractivity contribution in [3.63, 3.8) is 0 Å². The quantitative estimate of drug-likeness (QED) is 0.190. The van der Waals surface area contributed by atoms with Gasteiger partial charge in [-0.3, -0.25) is 4.90 Å². The van der Waals surface area contributed by atoms with Crippen molar-refractivity contribution in [3.8, 4) is 0 Å². The smallest absolute Gasteiger partial charge is 0.191 e. The summed E-state index contributed by atoms with van der Waals surface area (Å²) in [5.74, 6) is 1.03. The summed E-state index contributed by atoms with van der Waals surface area (Å²) in [5, 5.41) is 17.1. The van der Waals surface area contributed by atoms with Crippen molar-refractivity contribution < 1.29 is 13.9 Å². The van der Waals surface area contributed by atoms with Crippen molar-refractivity contribution in [1.29, 1.82) is 0 Å². The van der Waals surface area contributed by atoms with Crippen LogP contribution in [0.1, 0.15) is 26.0 Å². The van der Waals surface area contributed by atoms with Crippen LogP contribution in [0.15, 0.2) is 52.1 Å². The highest BCUT2D eigenvalue weighted by Crippen LogP contribution is 2.21. The summed E-state index contributed by atoms with van der Waals surface area (Å²) >= 11 is 0. The SMILES string of the molecule is CCNC(=NCC(C)(O)c1ccco1)NCCCN1CCN(c2ccccc2F)CC1.I. The highest BCUT2D eigenvalue weighted by Gasteiger charge is 2.26. The van der Waals surface area contributed by atoms with E-state index < -0.39 is 5.60 Å². The fourth-order valence-corrected chi connectivity index (χ4v) is 3.67. The third-order valence-electron chi connectivity index (χ3n) is 5.45. The van der Waals surface area contributed by atoms with Gasteiger partial charge < -0.3 is 25.1 Å². The Bertz CT molecular complexity index is 824. The normalized spacial score (nSPS) is 16.9. The molecule has 2 heterocycles. The maximum atomic E-state index is 14.0. The largest absolute Gasteiger partial charge is 0.466 e. The molecule has 0 spiro atoms. The summed E-state index contributed by atoms with van der Waals surface area (Å²) in [6.07, 6.45) is 2.52. The maximum absolute atomic E-state index is 14.0. The minimum Gasteiger partial charge on any atom is -0.466 e. The van der Waals surface area contributed by atoms with E-state index in [4.69, 9.17) is 4.42 Å². The first-order chi connectivity index (χ1) is 15.0. The highest BCUT2D eigenvalue weighted by molar-refractivity contribution is 14.0. The first-order valence-electron chi connectivity index (χ1n) is 11.0.